The summed E-state index contributed by atoms with van der Waals surface area (Å²) >= 11 is 12.0. The van der Waals surface area contributed by atoms with Crippen molar-refractivity contribution < 1.29 is 4.79 Å². The molecule has 2 rings (SSSR count). The Bertz CT molecular complexity index is 593. The van der Waals surface area contributed by atoms with Gasteiger partial charge in [-0.15, -0.1) is 0 Å². The second-order valence-electron chi connectivity index (χ2n) is 3.99. The predicted molar refractivity (Wildman–Crippen MR) is 72.0 cm³/mol. The highest BCUT2D eigenvalue weighted by Gasteiger charge is 2.16. The Morgan fingerprint density at radius 2 is 1.82 bits per heavy atom. The zero-order valence-electron chi connectivity index (χ0n) is 9.50. The first-order valence-corrected chi connectivity index (χ1v) is 5.85. The van der Waals surface area contributed by atoms with E-state index >= 15 is 0 Å². The fourth-order valence-corrected chi connectivity index (χ4v) is 2.14. The van der Waals surface area contributed by atoms with Crippen LogP contribution in [0.3, 0.4) is 0 Å². The van der Waals surface area contributed by atoms with E-state index in [1.165, 1.54) is 4.90 Å². The SMILES string of the molecule is CN(C)C(=O)c1c(Cl)ccc2cc(Cl)ccc12. The molecule has 2 nitrogen and oxygen atoms in total. The number of halogens is 2. The van der Waals surface area contributed by atoms with Crippen molar-refractivity contribution in [3.05, 3.63) is 45.9 Å². The van der Waals surface area contributed by atoms with Crippen LogP contribution >= 0.6 is 23.2 Å². The van der Waals surface area contributed by atoms with Crippen molar-refractivity contribution in [1.82, 2.24) is 4.90 Å². The minimum atomic E-state index is -0.108. The molecule has 17 heavy (non-hydrogen) atoms. The Balaban J connectivity index is 2.76. The smallest absolute Gasteiger partial charge is 0.255 e. The monoisotopic (exact) mass is 267 g/mol. The van der Waals surface area contributed by atoms with E-state index in [4.69, 9.17) is 23.2 Å². The number of carbonyl (C=O) groups is 1. The van der Waals surface area contributed by atoms with E-state index in [1.807, 2.05) is 18.2 Å². The highest BCUT2D eigenvalue weighted by atomic mass is 35.5. The third-order valence-corrected chi connectivity index (χ3v) is 3.10. The minimum Gasteiger partial charge on any atom is -0.345 e. The molecule has 2 aromatic carbocycles. The highest BCUT2D eigenvalue weighted by molar-refractivity contribution is 6.36. The van der Waals surface area contributed by atoms with E-state index in [1.54, 1.807) is 26.2 Å². The molecule has 0 fully saturated rings. The number of benzene rings is 2. The van der Waals surface area contributed by atoms with E-state index < -0.39 is 0 Å². The van der Waals surface area contributed by atoms with Crippen LogP contribution in [0.25, 0.3) is 10.8 Å². The Labute approximate surface area is 110 Å². The normalized spacial score (nSPS) is 10.6. The lowest BCUT2D eigenvalue weighted by atomic mass is 10.0. The quantitative estimate of drug-likeness (QED) is 0.769. The van der Waals surface area contributed by atoms with E-state index in [2.05, 4.69) is 0 Å². The number of carbonyl (C=O) groups excluding carboxylic acids is 1. The summed E-state index contributed by atoms with van der Waals surface area (Å²) in [4.78, 5) is 13.6. The molecule has 0 aliphatic carbocycles. The van der Waals surface area contributed by atoms with Crippen LogP contribution in [0.4, 0.5) is 0 Å². The maximum Gasteiger partial charge on any atom is 0.255 e. The van der Waals surface area contributed by atoms with Crippen LogP contribution in [0.2, 0.25) is 10.0 Å². The van der Waals surface area contributed by atoms with Gasteiger partial charge in [0.2, 0.25) is 0 Å². The number of amides is 1. The van der Waals surface area contributed by atoms with Gasteiger partial charge in [-0.25, -0.2) is 0 Å². The van der Waals surface area contributed by atoms with Crippen LogP contribution in [0.15, 0.2) is 30.3 Å². The Morgan fingerprint density at radius 1 is 1.12 bits per heavy atom. The van der Waals surface area contributed by atoms with Gasteiger partial charge < -0.3 is 4.90 Å². The highest BCUT2D eigenvalue weighted by Crippen LogP contribution is 2.28. The topological polar surface area (TPSA) is 20.3 Å². The summed E-state index contributed by atoms with van der Waals surface area (Å²) in [5.74, 6) is -0.108. The standard InChI is InChI=1S/C13H11Cl2NO/c1-16(2)13(17)12-10-5-4-9(14)7-8(10)3-6-11(12)15/h3-7H,1-2H3. The molecule has 0 atom stereocenters. The molecule has 2 aromatic rings. The lowest BCUT2D eigenvalue weighted by molar-refractivity contribution is 0.0829. The molecule has 4 heteroatoms. The zero-order chi connectivity index (χ0) is 12.6. The lowest BCUT2D eigenvalue weighted by Crippen LogP contribution is -2.22. The average molecular weight is 268 g/mol. The second-order valence-corrected chi connectivity index (χ2v) is 4.83. The first-order chi connectivity index (χ1) is 8.00. The van der Waals surface area contributed by atoms with E-state index in [9.17, 15) is 4.79 Å². The van der Waals surface area contributed by atoms with Gasteiger partial charge in [0.1, 0.15) is 0 Å². The molecule has 0 saturated carbocycles. The van der Waals surface area contributed by atoms with E-state index in [-0.39, 0.29) is 5.91 Å². The van der Waals surface area contributed by atoms with Gasteiger partial charge in [-0.05, 0) is 29.0 Å². The van der Waals surface area contributed by atoms with Crippen molar-refractivity contribution in [2.24, 2.45) is 0 Å². The maximum absolute atomic E-state index is 12.1. The largest absolute Gasteiger partial charge is 0.345 e. The number of fused-ring (bicyclic) bond motifs is 1. The van der Waals surface area contributed by atoms with Crippen molar-refractivity contribution in [3.63, 3.8) is 0 Å². The van der Waals surface area contributed by atoms with Crippen LogP contribution in [0.1, 0.15) is 10.4 Å². The first kappa shape index (κ1) is 12.2. The van der Waals surface area contributed by atoms with Gasteiger partial charge in [-0.3, -0.25) is 4.79 Å². The summed E-state index contributed by atoms with van der Waals surface area (Å²) in [5.41, 5.74) is 0.519. The van der Waals surface area contributed by atoms with Crippen molar-refractivity contribution in [2.75, 3.05) is 14.1 Å². The molecule has 0 aliphatic heterocycles. The molecule has 0 saturated heterocycles. The fourth-order valence-electron chi connectivity index (χ4n) is 1.72. The van der Waals surface area contributed by atoms with E-state index in [0.717, 1.165) is 10.8 Å². The van der Waals surface area contributed by atoms with Gasteiger partial charge in [0, 0.05) is 19.1 Å². The van der Waals surface area contributed by atoms with Crippen LogP contribution in [0.5, 0.6) is 0 Å². The molecule has 88 valence electrons. The molecule has 0 heterocycles. The maximum atomic E-state index is 12.1. The molecule has 0 N–H and O–H groups in total. The molecular weight excluding hydrogens is 257 g/mol. The predicted octanol–water partition coefficient (Wildman–Crippen LogP) is 3.85. The van der Waals surface area contributed by atoms with Gasteiger partial charge >= 0.3 is 0 Å². The zero-order valence-corrected chi connectivity index (χ0v) is 11.0. The third kappa shape index (κ3) is 2.24. The molecule has 0 aromatic heterocycles. The molecule has 0 spiro atoms. The first-order valence-electron chi connectivity index (χ1n) is 5.10. The third-order valence-electron chi connectivity index (χ3n) is 2.55. The number of hydrogen-bond acceptors (Lipinski definition) is 1. The van der Waals surface area contributed by atoms with E-state index in [0.29, 0.717) is 15.6 Å². The van der Waals surface area contributed by atoms with Crippen LogP contribution in [0, 0.1) is 0 Å². The minimum absolute atomic E-state index is 0.108. The second kappa shape index (κ2) is 4.55. The van der Waals surface area contributed by atoms with Gasteiger partial charge in [0.05, 0.1) is 10.6 Å². The summed E-state index contributed by atoms with van der Waals surface area (Å²) in [6, 6.07) is 8.97. The fraction of sp³-hybridized carbons (Fsp3) is 0.154. The van der Waals surface area contributed by atoms with Crippen molar-refractivity contribution in [3.8, 4) is 0 Å². The Morgan fingerprint density at radius 3 is 2.47 bits per heavy atom. The average Bonchev–Trinajstić information content (AvgIpc) is 2.28. The summed E-state index contributed by atoms with van der Waals surface area (Å²) in [6.45, 7) is 0. The number of rotatable bonds is 1. The summed E-state index contributed by atoms with van der Waals surface area (Å²) in [5, 5.41) is 2.83. The molecule has 1 amide bonds. The van der Waals surface area contributed by atoms with Gasteiger partial charge in [0.15, 0.2) is 0 Å². The van der Waals surface area contributed by atoms with Gasteiger partial charge in [-0.2, -0.15) is 0 Å². The van der Waals surface area contributed by atoms with Gasteiger partial charge in [0.25, 0.3) is 5.91 Å². The molecule has 0 aliphatic rings. The molecule has 0 radical (unpaired) electrons. The van der Waals surface area contributed by atoms with Crippen molar-refractivity contribution in [1.29, 1.82) is 0 Å². The number of nitrogens with zero attached hydrogens (tertiary/aromatic N) is 1. The summed E-state index contributed by atoms with van der Waals surface area (Å²) < 4.78 is 0. The molecular formula is C13H11Cl2NO. The Hall–Kier alpha value is -1.25. The van der Waals surface area contributed by atoms with Crippen LogP contribution in [-0.4, -0.2) is 24.9 Å². The van der Waals surface area contributed by atoms with Crippen molar-refractivity contribution >= 4 is 39.9 Å². The number of hydrogen-bond donors (Lipinski definition) is 0. The molecule has 0 bridgehead atoms. The lowest BCUT2D eigenvalue weighted by Gasteiger charge is -2.14. The summed E-state index contributed by atoms with van der Waals surface area (Å²) in [7, 11) is 3.40. The molecule has 0 unspecified atom stereocenters. The van der Waals surface area contributed by atoms with Gasteiger partial charge in [-0.1, -0.05) is 35.3 Å². The summed E-state index contributed by atoms with van der Waals surface area (Å²) in [6.07, 6.45) is 0. The Kier molecular flexibility index (Phi) is 3.27. The van der Waals surface area contributed by atoms with Crippen LogP contribution in [-0.2, 0) is 0 Å². The van der Waals surface area contributed by atoms with Crippen molar-refractivity contribution in [2.45, 2.75) is 0 Å². The van der Waals surface area contributed by atoms with Crippen LogP contribution < -0.4 is 0 Å².